The van der Waals surface area contributed by atoms with Crippen LogP contribution in [0.3, 0.4) is 0 Å². The minimum Gasteiger partial charge on any atom is -0.493 e. The summed E-state index contributed by atoms with van der Waals surface area (Å²) >= 11 is 0. The minimum atomic E-state index is 0.788. The molecule has 0 aromatic carbocycles. The first-order valence-corrected chi connectivity index (χ1v) is 3.66. The zero-order valence-electron chi connectivity index (χ0n) is 6.55. The van der Waals surface area contributed by atoms with E-state index in [9.17, 15) is 0 Å². The van der Waals surface area contributed by atoms with Crippen LogP contribution >= 0.6 is 0 Å². The molecule has 0 atom stereocenters. The van der Waals surface area contributed by atoms with E-state index in [1.54, 1.807) is 6.08 Å². The Labute approximate surface area is 67.4 Å². The number of rotatable bonds is 3. The second-order valence-electron chi connectivity index (χ2n) is 2.33. The van der Waals surface area contributed by atoms with Crippen LogP contribution in [0.5, 0.6) is 0 Å². The molecule has 0 aromatic rings. The quantitative estimate of drug-likeness (QED) is 0.559. The lowest BCUT2D eigenvalue weighted by atomic mass is 10.2. The third kappa shape index (κ3) is 2.11. The zero-order valence-corrected chi connectivity index (χ0v) is 6.55. The lowest BCUT2D eigenvalue weighted by Crippen LogP contribution is -1.85. The highest BCUT2D eigenvalue weighted by atomic mass is 16.5. The molecule has 0 bridgehead atoms. The smallest absolute Gasteiger partial charge is 0.122 e. The van der Waals surface area contributed by atoms with Crippen LogP contribution in [0.2, 0.25) is 0 Å². The Morgan fingerprint density at radius 3 is 3.00 bits per heavy atom. The fourth-order valence-electron chi connectivity index (χ4n) is 0.908. The van der Waals surface area contributed by atoms with Crippen molar-refractivity contribution < 1.29 is 4.74 Å². The topological polar surface area (TPSA) is 9.23 Å². The van der Waals surface area contributed by atoms with E-state index < -0.39 is 0 Å². The van der Waals surface area contributed by atoms with Crippen LogP contribution in [0.4, 0.5) is 0 Å². The van der Waals surface area contributed by atoms with Crippen molar-refractivity contribution in [3.05, 3.63) is 48.8 Å². The monoisotopic (exact) mass is 148 g/mol. The van der Waals surface area contributed by atoms with Gasteiger partial charge in [-0.2, -0.15) is 0 Å². The van der Waals surface area contributed by atoms with Crippen molar-refractivity contribution in [3.8, 4) is 0 Å². The van der Waals surface area contributed by atoms with Gasteiger partial charge in [0.2, 0.25) is 0 Å². The maximum Gasteiger partial charge on any atom is 0.122 e. The highest BCUT2D eigenvalue weighted by Crippen LogP contribution is 2.17. The number of hydrogen-bond donors (Lipinski definition) is 0. The largest absolute Gasteiger partial charge is 0.493 e. The Kier molecular flexibility index (Phi) is 2.73. The molecular weight excluding hydrogens is 136 g/mol. The van der Waals surface area contributed by atoms with Gasteiger partial charge in [0.1, 0.15) is 5.76 Å². The van der Waals surface area contributed by atoms with Crippen LogP contribution in [0.1, 0.15) is 6.42 Å². The summed E-state index contributed by atoms with van der Waals surface area (Å²) in [6, 6.07) is 0. The molecule has 1 aliphatic heterocycles. The summed E-state index contributed by atoms with van der Waals surface area (Å²) in [7, 11) is 0. The van der Waals surface area contributed by atoms with E-state index >= 15 is 0 Å². The Hall–Kier alpha value is -1.24. The van der Waals surface area contributed by atoms with Crippen molar-refractivity contribution in [3.63, 3.8) is 0 Å². The highest BCUT2D eigenvalue weighted by molar-refractivity contribution is 5.35. The van der Waals surface area contributed by atoms with E-state index in [0.717, 1.165) is 24.4 Å². The molecule has 0 N–H and O–H groups in total. The predicted molar refractivity (Wildman–Crippen MR) is 47.1 cm³/mol. The van der Waals surface area contributed by atoms with E-state index in [-0.39, 0.29) is 0 Å². The molecule has 1 aliphatic rings. The maximum atomic E-state index is 5.29. The molecule has 1 nitrogen and oxygen atoms in total. The Bertz CT molecular complexity index is 221. The molecule has 0 amide bonds. The van der Waals surface area contributed by atoms with Crippen molar-refractivity contribution in [1.82, 2.24) is 0 Å². The second-order valence-corrected chi connectivity index (χ2v) is 2.33. The first-order valence-electron chi connectivity index (χ1n) is 3.66. The number of ether oxygens (including phenoxy) is 1. The molecule has 0 unspecified atom stereocenters. The fraction of sp³-hybridized carbons (Fsp3) is 0.200. The Morgan fingerprint density at radius 1 is 1.64 bits per heavy atom. The van der Waals surface area contributed by atoms with Gasteiger partial charge in [0.15, 0.2) is 0 Å². The van der Waals surface area contributed by atoms with E-state index in [0.29, 0.717) is 0 Å². The SMILES string of the molecule is C=C/C=C\C(=C)C1=CCCO1. The van der Waals surface area contributed by atoms with Gasteiger partial charge in [-0.15, -0.1) is 0 Å². The summed E-state index contributed by atoms with van der Waals surface area (Å²) in [6.07, 6.45) is 8.52. The maximum absolute atomic E-state index is 5.29. The number of allylic oxidation sites excluding steroid dienone is 3. The van der Waals surface area contributed by atoms with Gasteiger partial charge in [-0.05, 0) is 6.08 Å². The van der Waals surface area contributed by atoms with Crippen molar-refractivity contribution >= 4 is 0 Å². The molecule has 0 fully saturated rings. The first-order chi connectivity index (χ1) is 5.34. The van der Waals surface area contributed by atoms with E-state index in [1.165, 1.54) is 0 Å². The summed E-state index contributed by atoms with van der Waals surface area (Å²) in [5.41, 5.74) is 0.919. The Balaban J connectivity index is 2.53. The van der Waals surface area contributed by atoms with Gasteiger partial charge in [0, 0.05) is 12.0 Å². The van der Waals surface area contributed by atoms with Gasteiger partial charge in [-0.25, -0.2) is 0 Å². The van der Waals surface area contributed by atoms with Crippen LogP contribution in [0.25, 0.3) is 0 Å². The summed E-state index contributed by atoms with van der Waals surface area (Å²) < 4.78 is 5.29. The van der Waals surface area contributed by atoms with Crippen LogP contribution in [0.15, 0.2) is 48.8 Å². The van der Waals surface area contributed by atoms with Gasteiger partial charge < -0.3 is 4.74 Å². The van der Waals surface area contributed by atoms with Crippen molar-refractivity contribution in [2.24, 2.45) is 0 Å². The van der Waals surface area contributed by atoms with E-state index in [1.807, 2.05) is 12.2 Å². The molecule has 11 heavy (non-hydrogen) atoms. The fourth-order valence-corrected chi connectivity index (χ4v) is 0.908. The van der Waals surface area contributed by atoms with Crippen LogP contribution in [0, 0.1) is 0 Å². The summed E-state index contributed by atoms with van der Waals surface area (Å²) in [4.78, 5) is 0. The molecule has 0 aromatic heterocycles. The molecular formula is C10H12O. The third-order valence-electron chi connectivity index (χ3n) is 1.46. The third-order valence-corrected chi connectivity index (χ3v) is 1.46. The highest BCUT2D eigenvalue weighted by Gasteiger charge is 2.05. The van der Waals surface area contributed by atoms with Gasteiger partial charge in [0.25, 0.3) is 0 Å². The standard InChI is InChI=1S/C10H12O/c1-3-4-6-9(2)10-7-5-8-11-10/h3-4,6-7H,1-2,5,8H2/b6-4-. The van der Waals surface area contributed by atoms with Gasteiger partial charge >= 0.3 is 0 Å². The van der Waals surface area contributed by atoms with Gasteiger partial charge in [0.05, 0.1) is 6.61 Å². The van der Waals surface area contributed by atoms with Crippen LogP contribution < -0.4 is 0 Å². The summed E-state index contributed by atoms with van der Waals surface area (Å²) in [6.45, 7) is 8.21. The number of hydrogen-bond acceptors (Lipinski definition) is 1. The van der Waals surface area contributed by atoms with Gasteiger partial charge in [-0.3, -0.25) is 0 Å². The minimum absolute atomic E-state index is 0.788. The molecule has 58 valence electrons. The molecule has 0 saturated carbocycles. The van der Waals surface area contributed by atoms with E-state index in [2.05, 4.69) is 19.2 Å². The zero-order chi connectivity index (χ0) is 8.10. The molecule has 0 saturated heterocycles. The van der Waals surface area contributed by atoms with Crippen molar-refractivity contribution in [2.45, 2.75) is 6.42 Å². The predicted octanol–water partition coefficient (Wildman–Crippen LogP) is 2.59. The second kappa shape index (κ2) is 3.81. The molecule has 0 aliphatic carbocycles. The first kappa shape index (κ1) is 7.86. The average Bonchev–Trinajstić information content (AvgIpc) is 2.52. The molecule has 0 spiro atoms. The van der Waals surface area contributed by atoms with Crippen LogP contribution in [-0.4, -0.2) is 6.61 Å². The lowest BCUT2D eigenvalue weighted by Gasteiger charge is -2.00. The summed E-state index contributed by atoms with van der Waals surface area (Å²) in [5.74, 6) is 0.906. The van der Waals surface area contributed by atoms with Gasteiger partial charge in [-0.1, -0.05) is 31.4 Å². The van der Waals surface area contributed by atoms with Crippen LogP contribution in [-0.2, 0) is 4.74 Å². The normalized spacial score (nSPS) is 16.2. The van der Waals surface area contributed by atoms with E-state index in [4.69, 9.17) is 4.74 Å². The summed E-state index contributed by atoms with van der Waals surface area (Å²) in [5, 5.41) is 0. The molecule has 1 heteroatoms. The average molecular weight is 148 g/mol. The van der Waals surface area contributed by atoms with Crippen molar-refractivity contribution in [2.75, 3.05) is 6.61 Å². The Morgan fingerprint density at radius 2 is 2.45 bits per heavy atom. The lowest BCUT2D eigenvalue weighted by molar-refractivity contribution is 0.254. The molecule has 0 radical (unpaired) electrons. The molecule has 1 heterocycles. The molecule has 1 rings (SSSR count). The van der Waals surface area contributed by atoms with Crippen molar-refractivity contribution in [1.29, 1.82) is 0 Å².